The molecule has 0 aliphatic carbocycles. The van der Waals surface area contributed by atoms with Crippen molar-refractivity contribution in [2.24, 2.45) is 10.1 Å². The lowest BCUT2D eigenvalue weighted by atomic mass is 10.2. The maximum absolute atomic E-state index is 11.7. The molecule has 2 aromatic carbocycles. The summed E-state index contributed by atoms with van der Waals surface area (Å²) in [6.45, 7) is 0.259. The van der Waals surface area contributed by atoms with Crippen LogP contribution in [0.3, 0.4) is 0 Å². The molecule has 25 heavy (non-hydrogen) atoms. The number of hydrazone groups is 1. The number of phenolic OH excluding ortho intramolecular Hbond substituents is 2. The van der Waals surface area contributed by atoms with Crippen LogP contribution in [0.1, 0.15) is 17.5 Å². The van der Waals surface area contributed by atoms with Crippen LogP contribution in [0.15, 0.2) is 55.4 Å². The lowest BCUT2D eigenvalue weighted by molar-refractivity contribution is -0.120. The topological polar surface area (TPSA) is 94.3 Å². The number of rotatable bonds is 6. The van der Waals surface area contributed by atoms with Gasteiger partial charge in [-0.15, -0.1) is 0 Å². The molecule has 8 heteroatoms. The molecular weight excluding hydrogens is 454 g/mol. The summed E-state index contributed by atoms with van der Waals surface area (Å²) in [4.78, 5) is 15.8. The van der Waals surface area contributed by atoms with Gasteiger partial charge in [0.05, 0.1) is 6.21 Å². The summed E-state index contributed by atoms with van der Waals surface area (Å²) in [5.74, 6) is -0.115. The number of nitrogens with zero attached hydrogens (tertiary/aromatic N) is 2. The fraction of sp³-hybridized carbons (Fsp3) is 0.118. The Morgan fingerprint density at radius 2 is 1.56 bits per heavy atom. The highest BCUT2D eigenvalue weighted by molar-refractivity contribution is 9.10. The van der Waals surface area contributed by atoms with E-state index in [9.17, 15) is 15.0 Å². The van der Waals surface area contributed by atoms with Crippen LogP contribution in [0.4, 0.5) is 0 Å². The summed E-state index contributed by atoms with van der Waals surface area (Å²) in [5.41, 5.74) is 3.42. The summed E-state index contributed by atoms with van der Waals surface area (Å²) in [6.07, 6.45) is 3.02. The molecule has 0 unspecified atom stereocenters. The van der Waals surface area contributed by atoms with Crippen molar-refractivity contribution in [3.63, 3.8) is 0 Å². The van der Waals surface area contributed by atoms with Gasteiger partial charge in [0, 0.05) is 39.3 Å². The van der Waals surface area contributed by atoms with E-state index in [1.807, 2.05) is 0 Å². The van der Waals surface area contributed by atoms with E-state index in [1.165, 1.54) is 18.5 Å². The Bertz CT molecular complexity index is 823. The van der Waals surface area contributed by atoms with Gasteiger partial charge in [-0.3, -0.25) is 9.79 Å². The van der Waals surface area contributed by atoms with Crippen LogP contribution in [0.2, 0.25) is 0 Å². The molecule has 0 radical (unpaired) electrons. The number of nitrogens with one attached hydrogen (secondary N) is 1. The summed E-state index contributed by atoms with van der Waals surface area (Å²) in [7, 11) is 0. The van der Waals surface area contributed by atoms with Gasteiger partial charge in [-0.05, 0) is 36.4 Å². The Morgan fingerprint density at radius 3 is 2.16 bits per heavy atom. The van der Waals surface area contributed by atoms with Crippen LogP contribution in [0, 0.1) is 0 Å². The van der Waals surface area contributed by atoms with Gasteiger partial charge < -0.3 is 10.2 Å². The number of hydrogen-bond donors (Lipinski definition) is 3. The smallest absolute Gasteiger partial charge is 0.241 e. The van der Waals surface area contributed by atoms with E-state index < -0.39 is 0 Å². The zero-order chi connectivity index (χ0) is 18.2. The number of amides is 1. The second-order valence-corrected chi connectivity index (χ2v) is 6.82. The van der Waals surface area contributed by atoms with Crippen LogP contribution in [0.5, 0.6) is 11.5 Å². The van der Waals surface area contributed by atoms with Crippen molar-refractivity contribution in [3.05, 3.63) is 56.5 Å². The zero-order valence-corrected chi connectivity index (χ0v) is 16.2. The van der Waals surface area contributed by atoms with E-state index >= 15 is 0 Å². The Morgan fingerprint density at radius 1 is 1.00 bits per heavy atom. The van der Waals surface area contributed by atoms with Gasteiger partial charge in [-0.25, -0.2) is 5.43 Å². The average Bonchev–Trinajstić information content (AvgIpc) is 2.57. The molecule has 0 aliphatic heterocycles. The molecule has 130 valence electrons. The first kappa shape index (κ1) is 19.1. The maximum Gasteiger partial charge on any atom is 0.241 e. The Balaban J connectivity index is 1.81. The van der Waals surface area contributed by atoms with E-state index in [-0.39, 0.29) is 30.4 Å². The number of carbonyl (C=O) groups is 1. The lowest BCUT2D eigenvalue weighted by Crippen LogP contribution is -2.18. The minimum Gasteiger partial charge on any atom is -0.507 e. The number of phenols is 2. The van der Waals surface area contributed by atoms with Gasteiger partial charge in [0.2, 0.25) is 5.91 Å². The number of benzene rings is 2. The molecule has 3 N–H and O–H groups in total. The van der Waals surface area contributed by atoms with E-state index in [1.54, 1.807) is 30.3 Å². The largest absolute Gasteiger partial charge is 0.507 e. The second-order valence-electron chi connectivity index (χ2n) is 4.98. The molecule has 0 bridgehead atoms. The van der Waals surface area contributed by atoms with Crippen molar-refractivity contribution in [1.82, 2.24) is 5.43 Å². The highest BCUT2D eigenvalue weighted by Gasteiger charge is 2.01. The Labute approximate surface area is 161 Å². The molecule has 0 heterocycles. The molecule has 0 atom stereocenters. The van der Waals surface area contributed by atoms with Gasteiger partial charge in [-0.1, -0.05) is 31.9 Å². The summed E-state index contributed by atoms with van der Waals surface area (Å²) < 4.78 is 1.62. The predicted molar refractivity (Wildman–Crippen MR) is 104 cm³/mol. The predicted octanol–water partition coefficient (Wildman–Crippen LogP) is 3.58. The summed E-state index contributed by atoms with van der Waals surface area (Å²) in [5, 5.41) is 23.1. The lowest BCUT2D eigenvalue weighted by Gasteiger charge is -2.01. The Hall–Kier alpha value is -2.19. The molecule has 0 saturated carbocycles. The molecule has 1 amide bonds. The van der Waals surface area contributed by atoms with Gasteiger partial charge in [0.15, 0.2) is 0 Å². The van der Waals surface area contributed by atoms with E-state index in [0.717, 1.165) is 8.95 Å². The van der Waals surface area contributed by atoms with Crippen molar-refractivity contribution >= 4 is 50.2 Å². The third-order valence-electron chi connectivity index (χ3n) is 3.07. The fourth-order valence-electron chi connectivity index (χ4n) is 1.82. The van der Waals surface area contributed by atoms with Crippen molar-refractivity contribution in [1.29, 1.82) is 0 Å². The summed E-state index contributed by atoms with van der Waals surface area (Å²) >= 11 is 6.60. The molecule has 0 spiro atoms. The van der Waals surface area contributed by atoms with Crippen LogP contribution in [-0.2, 0) is 4.79 Å². The first-order chi connectivity index (χ1) is 12.0. The minimum absolute atomic E-state index is 0.0691. The number of hydrogen-bond acceptors (Lipinski definition) is 5. The fourth-order valence-corrected chi connectivity index (χ4v) is 2.57. The molecule has 6 nitrogen and oxygen atoms in total. The first-order valence-electron chi connectivity index (χ1n) is 7.24. The number of carbonyl (C=O) groups excluding carboxylic acids is 1. The quantitative estimate of drug-likeness (QED) is 0.446. The maximum atomic E-state index is 11.7. The minimum atomic E-state index is -0.304. The van der Waals surface area contributed by atoms with E-state index in [4.69, 9.17) is 0 Å². The van der Waals surface area contributed by atoms with Gasteiger partial charge in [0.1, 0.15) is 11.5 Å². The number of halogens is 2. The van der Waals surface area contributed by atoms with Gasteiger partial charge >= 0.3 is 0 Å². The van der Waals surface area contributed by atoms with Crippen LogP contribution in [0.25, 0.3) is 0 Å². The molecule has 2 rings (SSSR count). The van der Waals surface area contributed by atoms with Gasteiger partial charge in [0.25, 0.3) is 0 Å². The second kappa shape index (κ2) is 9.33. The van der Waals surface area contributed by atoms with Crippen molar-refractivity contribution in [2.75, 3.05) is 6.54 Å². The normalized spacial score (nSPS) is 11.3. The molecule has 0 aliphatic rings. The average molecular weight is 469 g/mol. The van der Waals surface area contributed by atoms with E-state index in [2.05, 4.69) is 47.4 Å². The first-order valence-corrected chi connectivity index (χ1v) is 8.83. The van der Waals surface area contributed by atoms with Crippen molar-refractivity contribution in [2.45, 2.75) is 6.42 Å². The van der Waals surface area contributed by atoms with Crippen molar-refractivity contribution < 1.29 is 15.0 Å². The monoisotopic (exact) mass is 467 g/mol. The van der Waals surface area contributed by atoms with Crippen LogP contribution < -0.4 is 5.43 Å². The third kappa shape index (κ3) is 6.32. The van der Waals surface area contributed by atoms with Crippen LogP contribution in [-0.4, -0.2) is 35.1 Å². The standard InChI is InChI=1S/C17H15Br2N3O3/c18-13-1-3-15(23)11(7-13)9-20-6-5-17(25)22-21-10-12-8-14(19)2-4-16(12)24/h1-4,7-10,23-24H,5-6H2,(H,22,25)/b20-9?,21-10+. The molecule has 0 aromatic heterocycles. The molecule has 0 saturated heterocycles. The van der Waals surface area contributed by atoms with Crippen molar-refractivity contribution in [3.8, 4) is 11.5 Å². The van der Waals surface area contributed by atoms with Crippen LogP contribution >= 0.6 is 31.9 Å². The molecular formula is C17H15Br2N3O3. The molecule has 0 fully saturated rings. The summed E-state index contributed by atoms with van der Waals surface area (Å²) in [6, 6.07) is 9.92. The molecule has 2 aromatic rings. The number of aromatic hydroxyl groups is 2. The van der Waals surface area contributed by atoms with E-state index in [0.29, 0.717) is 11.1 Å². The number of aliphatic imine (C=N–C) groups is 1. The highest BCUT2D eigenvalue weighted by atomic mass is 79.9. The SMILES string of the molecule is O=C(CCN=Cc1cc(Br)ccc1O)N/N=C/c1cc(Br)ccc1O. The van der Waals surface area contributed by atoms with Gasteiger partial charge in [-0.2, -0.15) is 5.10 Å². The Kier molecular flexibility index (Phi) is 7.15. The zero-order valence-electron chi connectivity index (χ0n) is 13.0. The highest BCUT2D eigenvalue weighted by Crippen LogP contribution is 2.20. The third-order valence-corrected chi connectivity index (χ3v) is 4.06.